The fourth-order valence-corrected chi connectivity index (χ4v) is 2.22. The SMILES string of the molecule is COc1cc(C)c(NC(=O)C=Cc2ccc(OC(F)F)cc2)cc1OC. The van der Waals surface area contributed by atoms with Crippen molar-refractivity contribution >= 4 is 17.7 Å². The Morgan fingerprint density at radius 2 is 1.69 bits per heavy atom. The Morgan fingerprint density at radius 1 is 1.08 bits per heavy atom. The molecule has 1 amide bonds. The molecule has 0 spiro atoms. The van der Waals surface area contributed by atoms with Gasteiger partial charge in [-0.05, 0) is 42.3 Å². The van der Waals surface area contributed by atoms with E-state index in [-0.39, 0.29) is 11.7 Å². The first-order chi connectivity index (χ1) is 12.4. The Hall–Kier alpha value is -3.09. The number of alkyl halides is 2. The Balaban J connectivity index is 2.05. The van der Waals surface area contributed by atoms with E-state index in [9.17, 15) is 13.6 Å². The van der Waals surface area contributed by atoms with Gasteiger partial charge in [-0.1, -0.05) is 12.1 Å². The van der Waals surface area contributed by atoms with Gasteiger partial charge in [0.2, 0.25) is 5.91 Å². The first-order valence-electron chi connectivity index (χ1n) is 7.69. The van der Waals surface area contributed by atoms with Crippen molar-refractivity contribution in [1.82, 2.24) is 0 Å². The van der Waals surface area contributed by atoms with E-state index in [1.165, 1.54) is 32.4 Å². The summed E-state index contributed by atoms with van der Waals surface area (Å²) in [6.45, 7) is -1.03. The number of carbonyl (C=O) groups excluding carboxylic acids is 1. The second kappa shape index (κ2) is 8.84. The van der Waals surface area contributed by atoms with Crippen molar-refractivity contribution in [3.8, 4) is 17.2 Å². The molecule has 0 saturated heterocycles. The zero-order valence-corrected chi connectivity index (χ0v) is 14.6. The van der Waals surface area contributed by atoms with Crippen molar-refractivity contribution in [3.63, 3.8) is 0 Å². The maximum atomic E-state index is 12.1. The molecule has 2 aromatic rings. The van der Waals surface area contributed by atoms with Crippen LogP contribution in [0, 0.1) is 6.92 Å². The van der Waals surface area contributed by atoms with Gasteiger partial charge in [0.1, 0.15) is 5.75 Å². The molecule has 0 aromatic heterocycles. The zero-order chi connectivity index (χ0) is 19.1. The number of ether oxygens (including phenoxy) is 3. The van der Waals surface area contributed by atoms with E-state index < -0.39 is 6.61 Å². The Bertz CT molecular complexity index is 789. The predicted molar refractivity (Wildman–Crippen MR) is 95.0 cm³/mol. The minimum Gasteiger partial charge on any atom is -0.493 e. The van der Waals surface area contributed by atoms with Crippen molar-refractivity contribution < 1.29 is 27.8 Å². The van der Waals surface area contributed by atoms with Crippen LogP contribution in [0.1, 0.15) is 11.1 Å². The largest absolute Gasteiger partial charge is 0.493 e. The van der Waals surface area contributed by atoms with Crippen molar-refractivity contribution in [2.45, 2.75) is 13.5 Å². The normalized spacial score (nSPS) is 10.8. The van der Waals surface area contributed by atoms with E-state index in [4.69, 9.17) is 9.47 Å². The quantitative estimate of drug-likeness (QED) is 0.747. The van der Waals surface area contributed by atoms with Gasteiger partial charge in [-0.3, -0.25) is 4.79 Å². The molecule has 0 unspecified atom stereocenters. The number of aryl methyl sites for hydroxylation is 1. The van der Waals surface area contributed by atoms with Crippen LogP contribution in [0.4, 0.5) is 14.5 Å². The van der Waals surface area contributed by atoms with E-state index in [0.29, 0.717) is 22.7 Å². The van der Waals surface area contributed by atoms with Gasteiger partial charge in [0.15, 0.2) is 11.5 Å². The van der Waals surface area contributed by atoms with Crippen molar-refractivity contribution in [2.75, 3.05) is 19.5 Å². The highest BCUT2D eigenvalue weighted by Crippen LogP contribution is 2.32. The molecule has 0 aliphatic heterocycles. The molecule has 0 heterocycles. The van der Waals surface area contributed by atoms with Crippen LogP contribution in [0.3, 0.4) is 0 Å². The standard InChI is InChI=1S/C19H19F2NO4/c1-12-10-16(24-2)17(25-3)11-15(12)22-18(23)9-6-13-4-7-14(8-5-13)26-19(20)21/h4-11,19H,1-3H3,(H,22,23). The lowest BCUT2D eigenvalue weighted by Gasteiger charge is -2.12. The van der Waals surface area contributed by atoms with Crippen molar-refractivity contribution in [1.29, 1.82) is 0 Å². The summed E-state index contributed by atoms with van der Waals surface area (Å²) in [5.74, 6) is 0.799. The maximum Gasteiger partial charge on any atom is 0.387 e. The fourth-order valence-electron chi connectivity index (χ4n) is 2.22. The van der Waals surface area contributed by atoms with Gasteiger partial charge in [-0.2, -0.15) is 8.78 Å². The number of rotatable bonds is 7. The average Bonchev–Trinajstić information content (AvgIpc) is 2.62. The number of nitrogens with one attached hydrogen (secondary N) is 1. The number of benzene rings is 2. The third-order valence-corrected chi connectivity index (χ3v) is 3.52. The predicted octanol–water partition coefficient (Wildman–Crippen LogP) is 4.27. The highest BCUT2D eigenvalue weighted by Gasteiger charge is 2.10. The lowest BCUT2D eigenvalue weighted by Crippen LogP contribution is -2.09. The highest BCUT2D eigenvalue weighted by molar-refractivity contribution is 6.02. The summed E-state index contributed by atoms with van der Waals surface area (Å²) in [6.07, 6.45) is 2.91. The molecule has 0 atom stereocenters. The Labute approximate surface area is 150 Å². The number of amides is 1. The fraction of sp³-hybridized carbons (Fsp3) is 0.211. The van der Waals surface area contributed by atoms with E-state index in [1.54, 1.807) is 30.3 Å². The second-order valence-corrected chi connectivity index (χ2v) is 5.29. The molecular formula is C19H19F2NO4. The maximum absolute atomic E-state index is 12.1. The Morgan fingerprint density at radius 3 is 2.27 bits per heavy atom. The first kappa shape index (κ1) is 19.2. The molecule has 2 rings (SSSR count). The summed E-state index contributed by atoms with van der Waals surface area (Å²) < 4.78 is 38.9. The van der Waals surface area contributed by atoms with Crippen LogP contribution in [0.15, 0.2) is 42.5 Å². The van der Waals surface area contributed by atoms with Crippen LogP contribution >= 0.6 is 0 Å². The van der Waals surface area contributed by atoms with Crippen LogP contribution in [0.5, 0.6) is 17.2 Å². The van der Waals surface area contributed by atoms with E-state index in [2.05, 4.69) is 10.1 Å². The Kier molecular flexibility index (Phi) is 6.54. The molecule has 0 saturated carbocycles. The average molecular weight is 363 g/mol. The van der Waals surface area contributed by atoms with Crippen LogP contribution in [-0.2, 0) is 4.79 Å². The highest BCUT2D eigenvalue weighted by atomic mass is 19.3. The minimum atomic E-state index is -2.87. The summed E-state index contributed by atoms with van der Waals surface area (Å²) in [4.78, 5) is 12.1. The van der Waals surface area contributed by atoms with Gasteiger partial charge in [0.25, 0.3) is 0 Å². The third kappa shape index (κ3) is 5.20. The lowest BCUT2D eigenvalue weighted by atomic mass is 10.1. The van der Waals surface area contributed by atoms with Crippen LogP contribution < -0.4 is 19.5 Å². The number of methoxy groups -OCH3 is 2. The summed E-state index contributed by atoms with van der Waals surface area (Å²) >= 11 is 0. The second-order valence-electron chi connectivity index (χ2n) is 5.29. The summed E-state index contributed by atoms with van der Waals surface area (Å²) in [7, 11) is 3.05. The van der Waals surface area contributed by atoms with Crippen LogP contribution in [-0.4, -0.2) is 26.7 Å². The number of carbonyl (C=O) groups is 1. The summed E-state index contributed by atoms with van der Waals surface area (Å²) in [5.41, 5.74) is 2.08. The van der Waals surface area contributed by atoms with Gasteiger partial charge in [-0.25, -0.2) is 0 Å². The van der Waals surface area contributed by atoms with Gasteiger partial charge in [0, 0.05) is 17.8 Å². The van der Waals surface area contributed by atoms with Crippen molar-refractivity contribution in [3.05, 3.63) is 53.6 Å². The molecule has 26 heavy (non-hydrogen) atoms. The summed E-state index contributed by atoms with van der Waals surface area (Å²) in [5, 5.41) is 2.76. The number of hydrogen-bond acceptors (Lipinski definition) is 4. The lowest BCUT2D eigenvalue weighted by molar-refractivity contribution is -0.111. The molecule has 0 radical (unpaired) electrons. The monoisotopic (exact) mass is 363 g/mol. The zero-order valence-electron chi connectivity index (χ0n) is 14.6. The number of halogens is 2. The molecule has 0 aliphatic carbocycles. The van der Waals surface area contributed by atoms with Crippen molar-refractivity contribution in [2.24, 2.45) is 0 Å². The molecule has 0 aliphatic rings. The smallest absolute Gasteiger partial charge is 0.387 e. The molecule has 138 valence electrons. The topological polar surface area (TPSA) is 56.8 Å². The molecule has 0 bridgehead atoms. The first-order valence-corrected chi connectivity index (χ1v) is 7.69. The van der Waals surface area contributed by atoms with Gasteiger partial charge in [-0.15, -0.1) is 0 Å². The molecule has 2 aromatic carbocycles. The van der Waals surface area contributed by atoms with Crippen LogP contribution in [0.2, 0.25) is 0 Å². The van der Waals surface area contributed by atoms with E-state index in [0.717, 1.165) is 5.56 Å². The third-order valence-electron chi connectivity index (χ3n) is 3.52. The van der Waals surface area contributed by atoms with Gasteiger partial charge >= 0.3 is 6.61 Å². The van der Waals surface area contributed by atoms with E-state index in [1.807, 2.05) is 6.92 Å². The van der Waals surface area contributed by atoms with Crippen LogP contribution in [0.25, 0.3) is 6.08 Å². The summed E-state index contributed by atoms with van der Waals surface area (Å²) in [6, 6.07) is 9.40. The number of anilines is 1. The molecule has 5 nitrogen and oxygen atoms in total. The minimum absolute atomic E-state index is 0.0579. The molecular weight excluding hydrogens is 344 g/mol. The number of hydrogen-bond donors (Lipinski definition) is 1. The van der Waals surface area contributed by atoms with Gasteiger partial charge in [0.05, 0.1) is 14.2 Å². The molecule has 1 N–H and O–H groups in total. The van der Waals surface area contributed by atoms with Gasteiger partial charge < -0.3 is 19.5 Å². The molecule has 0 fully saturated rings. The van der Waals surface area contributed by atoms with E-state index >= 15 is 0 Å². The molecule has 7 heteroatoms.